The van der Waals surface area contributed by atoms with Gasteiger partial charge in [0.1, 0.15) is 12.0 Å². The maximum Gasteiger partial charge on any atom is 0.243 e. The first-order valence-electron chi connectivity index (χ1n) is 16.4. The van der Waals surface area contributed by atoms with Gasteiger partial charge in [-0.3, -0.25) is 9.59 Å². The highest BCUT2D eigenvalue weighted by atomic mass is 32.1. The molecule has 3 N–H and O–H groups in total. The quantitative estimate of drug-likeness (QED) is 0.298. The van der Waals surface area contributed by atoms with E-state index in [-0.39, 0.29) is 36.7 Å². The maximum atomic E-state index is 14.0. The van der Waals surface area contributed by atoms with Crippen molar-refractivity contribution in [2.45, 2.75) is 77.5 Å². The smallest absolute Gasteiger partial charge is 0.243 e. The van der Waals surface area contributed by atoms with Crippen LogP contribution in [0.1, 0.15) is 75.4 Å². The summed E-state index contributed by atoms with van der Waals surface area (Å²) >= 11 is 1.61. The van der Waals surface area contributed by atoms with E-state index >= 15 is 0 Å². The van der Waals surface area contributed by atoms with Gasteiger partial charge in [0, 0.05) is 32.1 Å². The first kappa shape index (κ1) is 31.7. The zero-order valence-electron chi connectivity index (χ0n) is 26.7. The molecule has 0 unspecified atom stereocenters. The van der Waals surface area contributed by atoms with E-state index in [0.29, 0.717) is 11.7 Å². The molecule has 10 nitrogen and oxygen atoms in total. The normalized spacial score (nSPS) is 22.4. The highest BCUT2D eigenvalue weighted by Crippen LogP contribution is 2.36. The Bertz CT molecular complexity index is 1460. The van der Waals surface area contributed by atoms with Gasteiger partial charge in [-0.2, -0.15) is 0 Å². The van der Waals surface area contributed by atoms with E-state index in [0.717, 1.165) is 59.6 Å². The number of aryl methyl sites for hydroxylation is 1. The van der Waals surface area contributed by atoms with Crippen molar-refractivity contribution in [3.8, 4) is 10.4 Å². The third kappa shape index (κ3) is 6.95. The molecule has 3 fully saturated rings. The minimum atomic E-state index is -0.766. The number of carbonyl (C=O) groups excluding carboxylic acids is 2. The van der Waals surface area contributed by atoms with Gasteiger partial charge in [0.25, 0.3) is 0 Å². The topological polar surface area (TPSA) is 124 Å². The fourth-order valence-corrected chi connectivity index (χ4v) is 8.00. The molecule has 2 aromatic heterocycles. The largest absolute Gasteiger partial charge is 0.391 e. The minimum Gasteiger partial charge on any atom is -0.391 e. The van der Waals surface area contributed by atoms with Crippen LogP contribution in [0.25, 0.3) is 10.4 Å². The standard InChI is InChI=1S/C34H46N6O4S/c1-20(2)31(29-15-30(38-44-29)39-16-24(17-39)13-23-9-11-35-12-10-23)34(43)40-18-27(41)14-28(40)33(42)37-21(3)25-5-7-26(8-6-25)32-22(4)36-19-45-32/h5-8,15,19-21,23-24,27-28,31,35,41H,9-14,16-18H2,1-4H3,(H,37,42)/t21-,27+,28-,31+/m0/s1. The number of likely N-dealkylation sites (tertiary alicyclic amines) is 1. The van der Waals surface area contributed by atoms with Gasteiger partial charge in [0.15, 0.2) is 11.6 Å². The molecule has 0 saturated carbocycles. The fraction of sp³-hybridized carbons (Fsp3) is 0.588. The number of hydrogen-bond donors (Lipinski definition) is 3. The van der Waals surface area contributed by atoms with E-state index in [1.807, 2.05) is 63.5 Å². The van der Waals surface area contributed by atoms with Crippen molar-refractivity contribution in [2.75, 3.05) is 37.6 Å². The Kier molecular flexibility index (Phi) is 9.58. The van der Waals surface area contributed by atoms with Gasteiger partial charge in [0.2, 0.25) is 11.8 Å². The third-order valence-electron chi connectivity index (χ3n) is 9.80. The highest BCUT2D eigenvalue weighted by molar-refractivity contribution is 7.13. The van der Waals surface area contributed by atoms with Crippen molar-refractivity contribution < 1.29 is 19.2 Å². The molecule has 11 heteroatoms. The zero-order valence-corrected chi connectivity index (χ0v) is 27.6. The van der Waals surface area contributed by atoms with Gasteiger partial charge in [-0.15, -0.1) is 11.3 Å². The van der Waals surface area contributed by atoms with E-state index in [9.17, 15) is 14.7 Å². The summed E-state index contributed by atoms with van der Waals surface area (Å²) in [5, 5.41) is 21.5. The first-order valence-corrected chi connectivity index (χ1v) is 17.3. The number of benzene rings is 1. The Morgan fingerprint density at radius 2 is 1.84 bits per heavy atom. The summed E-state index contributed by atoms with van der Waals surface area (Å²) in [7, 11) is 0. The second-order valence-corrected chi connectivity index (χ2v) is 14.4. The molecule has 0 aliphatic carbocycles. The van der Waals surface area contributed by atoms with Crippen LogP contribution in [0, 0.1) is 24.7 Å². The molecular formula is C34H46N6O4S. The number of β-amino-alcohol motifs (C(OH)–C–C–N with tert-alkyl or cyclic N) is 1. The molecule has 4 atom stereocenters. The number of aliphatic hydroxyl groups excluding tert-OH is 1. The molecule has 242 valence electrons. The molecule has 0 spiro atoms. The molecule has 6 rings (SSSR count). The molecule has 45 heavy (non-hydrogen) atoms. The van der Waals surface area contributed by atoms with Gasteiger partial charge in [-0.25, -0.2) is 4.98 Å². The van der Waals surface area contributed by atoms with Crippen molar-refractivity contribution >= 4 is 29.0 Å². The number of aromatic nitrogens is 2. The third-order valence-corrected chi connectivity index (χ3v) is 10.8. The van der Waals surface area contributed by atoms with Crippen LogP contribution in [0.2, 0.25) is 0 Å². The number of nitrogens with one attached hydrogen (secondary N) is 2. The second-order valence-electron chi connectivity index (χ2n) is 13.5. The van der Waals surface area contributed by atoms with Crippen molar-refractivity contribution in [2.24, 2.45) is 17.8 Å². The van der Waals surface area contributed by atoms with Crippen molar-refractivity contribution in [1.82, 2.24) is 25.7 Å². The summed E-state index contributed by atoms with van der Waals surface area (Å²) < 4.78 is 5.79. The van der Waals surface area contributed by atoms with Gasteiger partial charge in [0.05, 0.1) is 28.2 Å². The van der Waals surface area contributed by atoms with Crippen LogP contribution < -0.4 is 15.5 Å². The molecule has 3 saturated heterocycles. The van der Waals surface area contributed by atoms with Crippen LogP contribution in [0.5, 0.6) is 0 Å². The molecule has 0 bridgehead atoms. The Balaban J connectivity index is 1.08. The molecule has 1 aromatic carbocycles. The minimum absolute atomic E-state index is 0.0802. The monoisotopic (exact) mass is 634 g/mol. The van der Waals surface area contributed by atoms with Crippen LogP contribution in [0.3, 0.4) is 0 Å². The number of carbonyl (C=O) groups is 2. The van der Waals surface area contributed by atoms with E-state index < -0.39 is 18.1 Å². The van der Waals surface area contributed by atoms with Crippen LogP contribution in [0.15, 0.2) is 40.4 Å². The number of aliphatic hydroxyl groups is 1. The number of piperidine rings is 1. The molecule has 3 aromatic rings. The summed E-state index contributed by atoms with van der Waals surface area (Å²) in [5.41, 5.74) is 4.89. The summed E-state index contributed by atoms with van der Waals surface area (Å²) in [6.45, 7) is 12.2. The van der Waals surface area contributed by atoms with Gasteiger partial charge >= 0.3 is 0 Å². The van der Waals surface area contributed by atoms with E-state index in [1.165, 1.54) is 24.2 Å². The summed E-state index contributed by atoms with van der Waals surface area (Å²) in [5.74, 6) is 1.59. The second kappa shape index (κ2) is 13.6. The maximum absolute atomic E-state index is 14.0. The Morgan fingerprint density at radius 1 is 1.11 bits per heavy atom. The molecule has 2 amide bonds. The SMILES string of the molecule is Cc1ncsc1-c1ccc([C@H](C)NC(=O)[C@@H]2C[C@@H](O)CN2C(=O)[C@@H](c2cc(N3CC(CC4CCNCC4)C3)no2)C(C)C)cc1. The lowest BCUT2D eigenvalue weighted by Crippen LogP contribution is -2.48. The Hall–Kier alpha value is -3.28. The average Bonchev–Trinajstić information content (AvgIpc) is 3.75. The van der Waals surface area contributed by atoms with Gasteiger partial charge < -0.3 is 30.1 Å². The van der Waals surface area contributed by atoms with Crippen LogP contribution in [-0.2, 0) is 9.59 Å². The van der Waals surface area contributed by atoms with Crippen LogP contribution in [0.4, 0.5) is 5.82 Å². The lowest BCUT2D eigenvalue weighted by molar-refractivity contribution is -0.141. The van der Waals surface area contributed by atoms with Gasteiger partial charge in [-0.05, 0) is 75.1 Å². The first-order chi connectivity index (χ1) is 21.7. The van der Waals surface area contributed by atoms with Crippen molar-refractivity contribution in [3.05, 3.63) is 52.9 Å². The van der Waals surface area contributed by atoms with Gasteiger partial charge in [-0.1, -0.05) is 43.3 Å². The van der Waals surface area contributed by atoms with Crippen molar-refractivity contribution in [1.29, 1.82) is 0 Å². The molecule has 0 radical (unpaired) electrons. The predicted octanol–water partition coefficient (Wildman–Crippen LogP) is 4.51. The predicted molar refractivity (Wildman–Crippen MR) is 175 cm³/mol. The summed E-state index contributed by atoms with van der Waals surface area (Å²) in [6.07, 6.45) is 3.21. The molecule has 5 heterocycles. The molecule has 3 aliphatic rings. The molecule has 3 aliphatic heterocycles. The highest BCUT2D eigenvalue weighted by Gasteiger charge is 2.44. The van der Waals surface area contributed by atoms with Crippen LogP contribution >= 0.6 is 11.3 Å². The number of amides is 2. The number of thiazole rings is 1. The average molecular weight is 635 g/mol. The lowest BCUT2D eigenvalue weighted by atomic mass is 9.84. The van der Waals surface area contributed by atoms with E-state index in [2.05, 4.69) is 25.7 Å². The lowest BCUT2D eigenvalue weighted by Gasteiger charge is -2.41. The zero-order chi connectivity index (χ0) is 31.7. The van der Waals surface area contributed by atoms with E-state index in [4.69, 9.17) is 4.52 Å². The summed E-state index contributed by atoms with van der Waals surface area (Å²) in [6, 6.07) is 8.97. The van der Waals surface area contributed by atoms with Crippen molar-refractivity contribution in [3.63, 3.8) is 0 Å². The van der Waals surface area contributed by atoms with E-state index in [1.54, 1.807) is 11.3 Å². The fourth-order valence-electron chi connectivity index (χ4n) is 7.18. The number of anilines is 1. The van der Waals surface area contributed by atoms with Crippen LogP contribution in [-0.4, -0.2) is 76.8 Å². The Labute approximate surface area is 269 Å². The number of rotatable bonds is 10. The number of nitrogens with zero attached hydrogens (tertiary/aromatic N) is 4. The summed E-state index contributed by atoms with van der Waals surface area (Å²) in [4.78, 5) is 36.8. The molecular weight excluding hydrogens is 588 g/mol. The number of hydrogen-bond acceptors (Lipinski definition) is 9. The Morgan fingerprint density at radius 3 is 2.51 bits per heavy atom.